The quantitative estimate of drug-likeness (QED) is 0.908. The molecule has 1 heterocycles. The molecule has 1 N–H and O–H groups in total. The predicted octanol–water partition coefficient (Wildman–Crippen LogP) is 1.90. The topological polar surface area (TPSA) is 66.8 Å². The van der Waals surface area contributed by atoms with E-state index in [0.29, 0.717) is 0 Å². The molecule has 0 bridgehead atoms. The molecule has 7 heteroatoms. The van der Waals surface area contributed by atoms with Gasteiger partial charge in [0.2, 0.25) is 0 Å². The lowest BCUT2D eigenvalue weighted by atomic mass is 10.1. The molecule has 1 fully saturated rings. The Morgan fingerprint density at radius 1 is 1.50 bits per heavy atom. The SMILES string of the molecule is COC1CC(C(=O)O)N(C(=O)c2ccc(F)c(Br)c2)C1. The highest BCUT2D eigenvalue weighted by Gasteiger charge is 2.40. The van der Waals surface area contributed by atoms with E-state index < -0.39 is 23.7 Å². The number of amides is 1. The predicted molar refractivity (Wildman–Crippen MR) is 72.0 cm³/mol. The van der Waals surface area contributed by atoms with Crippen molar-refractivity contribution in [3.8, 4) is 0 Å². The zero-order valence-corrected chi connectivity index (χ0v) is 12.3. The Hall–Kier alpha value is -1.47. The second kappa shape index (κ2) is 5.88. The number of carboxylic acids is 1. The van der Waals surface area contributed by atoms with Crippen LogP contribution in [0.2, 0.25) is 0 Å². The van der Waals surface area contributed by atoms with Gasteiger partial charge in [-0.3, -0.25) is 4.79 Å². The zero-order chi connectivity index (χ0) is 14.9. The van der Waals surface area contributed by atoms with E-state index in [1.807, 2.05) is 0 Å². The monoisotopic (exact) mass is 345 g/mol. The van der Waals surface area contributed by atoms with E-state index in [2.05, 4.69) is 15.9 Å². The first-order valence-corrected chi connectivity index (χ1v) is 6.75. The average molecular weight is 346 g/mol. The summed E-state index contributed by atoms with van der Waals surface area (Å²) in [6.07, 6.45) is -0.0520. The summed E-state index contributed by atoms with van der Waals surface area (Å²) >= 11 is 3.01. The first kappa shape index (κ1) is 14.9. The largest absolute Gasteiger partial charge is 0.480 e. The first-order valence-electron chi connectivity index (χ1n) is 5.95. The smallest absolute Gasteiger partial charge is 0.326 e. The van der Waals surface area contributed by atoms with Crippen LogP contribution in [-0.4, -0.2) is 47.7 Å². The summed E-state index contributed by atoms with van der Waals surface area (Å²) in [6, 6.07) is 2.92. The van der Waals surface area contributed by atoms with Crippen molar-refractivity contribution in [2.45, 2.75) is 18.6 Å². The number of aliphatic carboxylic acids is 1. The molecule has 1 amide bonds. The van der Waals surface area contributed by atoms with Gasteiger partial charge in [-0.1, -0.05) is 0 Å². The minimum Gasteiger partial charge on any atom is -0.480 e. The Bertz CT molecular complexity index is 551. The van der Waals surface area contributed by atoms with Crippen LogP contribution in [0.25, 0.3) is 0 Å². The number of carbonyl (C=O) groups is 2. The number of likely N-dealkylation sites (tertiary alicyclic amines) is 1. The first-order chi connectivity index (χ1) is 9.43. The van der Waals surface area contributed by atoms with E-state index in [1.54, 1.807) is 0 Å². The molecule has 5 nitrogen and oxygen atoms in total. The van der Waals surface area contributed by atoms with E-state index in [0.717, 1.165) is 6.07 Å². The number of hydrogen-bond acceptors (Lipinski definition) is 3. The Labute approximate surface area is 123 Å². The van der Waals surface area contributed by atoms with Crippen molar-refractivity contribution in [1.29, 1.82) is 0 Å². The maximum absolute atomic E-state index is 13.2. The molecule has 1 aromatic carbocycles. The second-order valence-corrected chi connectivity index (χ2v) is 5.39. The molecule has 2 rings (SSSR count). The van der Waals surface area contributed by atoms with Gasteiger partial charge in [0, 0.05) is 25.6 Å². The second-order valence-electron chi connectivity index (χ2n) is 4.53. The molecule has 2 atom stereocenters. The Morgan fingerprint density at radius 2 is 2.20 bits per heavy atom. The average Bonchev–Trinajstić information content (AvgIpc) is 2.85. The van der Waals surface area contributed by atoms with Gasteiger partial charge in [0.05, 0.1) is 10.6 Å². The van der Waals surface area contributed by atoms with Gasteiger partial charge in [-0.2, -0.15) is 0 Å². The van der Waals surface area contributed by atoms with Crippen LogP contribution in [-0.2, 0) is 9.53 Å². The number of rotatable bonds is 3. The summed E-state index contributed by atoms with van der Waals surface area (Å²) in [6.45, 7) is 0.210. The molecule has 1 aliphatic rings. The molecule has 0 aliphatic carbocycles. The highest BCUT2D eigenvalue weighted by atomic mass is 79.9. The minimum absolute atomic E-state index is 0.165. The third-order valence-electron chi connectivity index (χ3n) is 3.31. The Kier molecular flexibility index (Phi) is 4.39. The summed E-state index contributed by atoms with van der Waals surface area (Å²) in [5.41, 5.74) is 0.237. The molecule has 1 saturated heterocycles. The lowest BCUT2D eigenvalue weighted by Crippen LogP contribution is -2.40. The lowest BCUT2D eigenvalue weighted by molar-refractivity contribution is -0.141. The van der Waals surface area contributed by atoms with Gasteiger partial charge in [-0.25, -0.2) is 9.18 Å². The Balaban J connectivity index is 2.26. The molecule has 0 spiro atoms. The van der Waals surface area contributed by atoms with Crippen LogP contribution >= 0.6 is 15.9 Å². The van der Waals surface area contributed by atoms with E-state index in [1.165, 1.54) is 24.1 Å². The number of nitrogens with zero attached hydrogens (tertiary/aromatic N) is 1. The van der Waals surface area contributed by atoms with E-state index in [4.69, 9.17) is 4.74 Å². The van der Waals surface area contributed by atoms with Crippen molar-refractivity contribution in [3.63, 3.8) is 0 Å². The molecule has 108 valence electrons. The number of carboxylic acid groups (broad SMARTS) is 1. The van der Waals surface area contributed by atoms with Crippen molar-refractivity contribution in [2.75, 3.05) is 13.7 Å². The van der Waals surface area contributed by atoms with Gasteiger partial charge < -0.3 is 14.7 Å². The van der Waals surface area contributed by atoms with Crippen LogP contribution < -0.4 is 0 Å². The van der Waals surface area contributed by atoms with Gasteiger partial charge in [0.1, 0.15) is 11.9 Å². The molecule has 0 aromatic heterocycles. The highest BCUT2D eigenvalue weighted by molar-refractivity contribution is 9.10. The maximum Gasteiger partial charge on any atom is 0.326 e. The fourth-order valence-corrected chi connectivity index (χ4v) is 2.60. The molecule has 20 heavy (non-hydrogen) atoms. The lowest BCUT2D eigenvalue weighted by Gasteiger charge is -2.21. The van der Waals surface area contributed by atoms with Gasteiger partial charge >= 0.3 is 5.97 Å². The van der Waals surface area contributed by atoms with Crippen molar-refractivity contribution in [2.24, 2.45) is 0 Å². The molecule has 0 saturated carbocycles. The van der Waals surface area contributed by atoms with E-state index in [-0.39, 0.29) is 29.1 Å². The molecule has 1 aromatic rings. The Morgan fingerprint density at radius 3 is 2.75 bits per heavy atom. The van der Waals surface area contributed by atoms with E-state index in [9.17, 15) is 19.1 Å². The maximum atomic E-state index is 13.2. The van der Waals surface area contributed by atoms with Crippen LogP contribution in [0.3, 0.4) is 0 Å². The molecule has 2 unspecified atom stereocenters. The van der Waals surface area contributed by atoms with Crippen molar-refractivity contribution in [1.82, 2.24) is 4.90 Å². The number of benzene rings is 1. The van der Waals surface area contributed by atoms with Crippen LogP contribution in [0.1, 0.15) is 16.8 Å². The highest BCUT2D eigenvalue weighted by Crippen LogP contribution is 2.24. The summed E-state index contributed by atoms with van der Waals surface area (Å²) in [5, 5.41) is 9.17. The van der Waals surface area contributed by atoms with Gasteiger partial charge in [0.25, 0.3) is 5.91 Å². The fourth-order valence-electron chi connectivity index (χ4n) is 2.22. The molecule has 0 radical (unpaired) electrons. The summed E-state index contributed by atoms with van der Waals surface area (Å²) in [5.74, 6) is -2.00. The fraction of sp³-hybridized carbons (Fsp3) is 0.385. The van der Waals surface area contributed by atoms with E-state index >= 15 is 0 Å². The standard InChI is InChI=1S/C13H13BrFNO4/c1-20-8-5-11(13(18)19)16(6-8)12(17)7-2-3-10(15)9(14)4-7/h2-4,8,11H,5-6H2,1H3,(H,18,19). The number of carbonyl (C=O) groups excluding carboxylic acids is 1. The van der Waals surface area contributed by atoms with Crippen molar-refractivity contribution < 1.29 is 23.8 Å². The third-order valence-corrected chi connectivity index (χ3v) is 3.92. The van der Waals surface area contributed by atoms with Gasteiger partial charge in [0.15, 0.2) is 0 Å². The number of hydrogen-bond donors (Lipinski definition) is 1. The van der Waals surface area contributed by atoms with Crippen LogP contribution in [0.15, 0.2) is 22.7 Å². The normalized spacial score (nSPS) is 22.1. The van der Waals surface area contributed by atoms with Crippen LogP contribution in [0.5, 0.6) is 0 Å². The zero-order valence-electron chi connectivity index (χ0n) is 10.7. The number of halogens is 2. The minimum atomic E-state index is -1.07. The molecule has 1 aliphatic heterocycles. The van der Waals surface area contributed by atoms with Crippen LogP contribution in [0, 0.1) is 5.82 Å². The third kappa shape index (κ3) is 2.83. The summed E-state index contributed by atoms with van der Waals surface area (Å²) < 4.78 is 18.5. The molecular formula is C13H13BrFNO4. The van der Waals surface area contributed by atoms with Gasteiger partial charge in [-0.15, -0.1) is 0 Å². The number of ether oxygens (including phenoxy) is 1. The van der Waals surface area contributed by atoms with Gasteiger partial charge in [-0.05, 0) is 34.1 Å². The summed E-state index contributed by atoms with van der Waals surface area (Å²) in [7, 11) is 1.48. The van der Waals surface area contributed by atoms with Crippen molar-refractivity contribution in [3.05, 3.63) is 34.1 Å². The van der Waals surface area contributed by atoms with Crippen LogP contribution in [0.4, 0.5) is 4.39 Å². The van der Waals surface area contributed by atoms with Crippen molar-refractivity contribution >= 4 is 27.8 Å². The molecular weight excluding hydrogens is 333 g/mol. The number of methoxy groups -OCH3 is 1. The summed E-state index contributed by atoms with van der Waals surface area (Å²) in [4.78, 5) is 24.8.